The summed E-state index contributed by atoms with van der Waals surface area (Å²) in [5, 5.41) is 2.94. The third kappa shape index (κ3) is 4.59. The minimum atomic E-state index is -0.288. The Morgan fingerprint density at radius 1 is 1.31 bits per heavy atom. The highest BCUT2D eigenvalue weighted by Gasteiger charge is 2.34. The number of nitrogens with zero attached hydrogens (tertiary/aromatic N) is 2. The number of amides is 2. The molecule has 1 aromatic carbocycles. The summed E-state index contributed by atoms with van der Waals surface area (Å²) in [6.45, 7) is 1.50. The van der Waals surface area contributed by atoms with Crippen molar-refractivity contribution in [3.63, 3.8) is 0 Å². The van der Waals surface area contributed by atoms with Gasteiger partial charge >= 0.3 is 0 Å². The van der Waals surface area contributed by atoms with Crippen LogP contribution in [-0.2, 0) is 22.6 Å². The van der Waals surface area contributed by atoms with Gasteiger partial charge in [-0.05, 0) is 35.7 Å². The monoisotopic (exact) mass is 353 g/mol. The molecule has 2 aromatic rings. The van der Waals surface area contributed by atoms with E-state index in [9.17, 15) is 9.59 Å². The van der Waals surface area contributed by atoms with Crippen molar-refractivity contribution in [2.45, 2.75) is 19.4 Å². The molecule has 6 heteroatoms. The van der Waals surface area contributed by atoms with Gasteiger partial charge in [-0.25, -0.2) is 0 Å². The van der Waals surface area contributed by atoms with Gasteiger partial charge in [-0.15, -0.1) is 0 Å². The van der Waals surface area contributed by atoms with Gasteiger partial charge in [-0.2, -0.15) is 0 Å². The molecule has 0 spiro atoms. The Labute approximate surface area is 153 Å². The van der Waals surface area contributed by atoms with Crippen LogP contribution in [0, 0.1) is 5.92 Å². The van der Waals surface area contributed by atoms with Crippen molar-refractivity contribution in [1.82, 2.24) is 15.2 Å². The van der Waals surface area contributed by atoms with Crippen LogP contribution in [-0.4, -0.2) is 41.9 Å². The molecule has 1 N–H and O–H groups in total. The van der Waals surface area contributed by atoms with Crippen molar-refractivity contribution in [2.75, 3.05) is 20.2 Å². The molecule has 1 aliphatic rings. The largest absolute Gasteiger partial charge is 0.497 e. The molecule has 0 aliphatic carbocycles. The smallest absolute Gasteiger partial charge is 0.225 e. The van der Waals surface area contributed by atoms with Crippen molar-refractivity contribution in [1.29, 1.82) is 0 Å². The van der Waals surface area contributed by atoms with Gasteiger partial charge in [-0.1, -0.05) is 18.2 Å². The lowest BCUT2D eigenvalue weighted by molar-refractivity contribution is -0.129. The predicted octanol–water partition coefficient (Wildman–Crippen LogP) is 1.80. The molecule has 6 nitrogen and oxygen atoms in total. The molecule has 2 amide bonds. The first-order valence-electron chi connectivity index (χ1n) is 8.73. The molecule has 1 aliphatic heterocycles. The zero-order valence-corrected chi connectivity index (χ0v) is 14.9. The lowest BCUT2D eigenvalue weighted by Crippen LogP contribution is -2.34. The van der Waals surface area contributed by atoms with Crippen LogP contribution in [0.2, 0.25) is 0 Å². The molecule has 0 saturated carbocycles. The molecule has 1 aromatic heterocycles. The first-order valence-corrected chi connectivity index (χ1v) is 8.73. The van der Waals surface area contributed by atoms with Gasteiger partial charge in [0.15, 0.2) is 0 Å². The molecule has 3 rings (SSSR count). The fraction of sp³-hybridized carbons (Fsp3) is 0.350. The van der Waals surface area contributed by atoms with Crippen molar-refractivity contribution >= 4 is 11.8 Å². The van der Waals surface area contributed by atoms with Crippen LogP contribution in [0.4, 0.5) is 0 Å². The molecule has 1 unspecified atom stereocenters. The fourth-order valence-electron chi connectivity index (χ4n) is 3.12. The quantitative estimate of drug-likeness (QED) is 0.824. The molecule has 0 radical (unpaired) electrons. The molecule has 0 bridgehead atoms. The van der Waals surface area contributed by atoms with Crippen LogP contribution in [0.3, 0.4) is 0 Å². The number of hydrogen-bond acceptors (Lipinski definition) is 4. The molecule has 1 atom stereocenters. The summed E-state index contributed by atoms with van der Waals surface area (Å²) in [6, 6.07) is 11.6. The van der Waals surface area contributed by atoms with E-state index in [1.165, 1.54) is 0 Å². The van der Waals surface area contributed by atoms with Crippen LogP contribution < -0.4 is 10.1 Å². The Morgan fingerprint density at radius 2 is 2.15 bits per heavy atom. The lowest BCUT2D eigenvalue weighted by atomic mass is 10.1. The van der Waals surface area contributed by atoms with Crippen molar-refractivity contribution in [3.8, 4) is 5.75 Å². The Morgan fingerprint density at radius 3 is 2.92 bits per heavy atom. The molecule has 136 valence electrons. The number of hydrogen-bond donors (Lipinski definition) is 1. The normalized spacial score (nSPS) is 16.6. The van der Waals surface area contributed by atoms with Gasteiger partial charge in [0.2, 0.25) is 11.8 Å². The lowest BCUT2D eigenvalue weighted by Gasteiger charge is -2.16. The van der Waals surface area contributed by atoms with E-state index in [1.807, 2.05) is 36.4 Å². The van der Waals surface area contributed by atoms with Gasteiger partial charge in [-0.3, -0.25) is 14.6 Å². The molecular weight excluding hydrogens is 330 g/mol. The first kappa shape index (κ1) is 17.9. The summed E-state index contributed by atoms with van der Waals surface area (Å²) in [6.07, 6.45) is 4.44. The number of carbonyl (C=O) groups excluding carboxylic acids is 2. The minimum absolute atomic E-state index is 0.0156. The zero-order valence-electron chi connectivity index (χ0n) is 14.9. The van der Waals surface area contributed by atoms with Crippen molar-refractivity contribution < 1.29 is 14.3 Å². The van der Waals surface area contributed by atoms with E-state index in [1.54, 1.807) is 24.4 Å². The molecule has 2 heterocycles. The fourth-order valence-corrected chi connectivity index (χ4v) is 3.12. The summed E-state index contributed by atoms with van der Waals surface area (Å²) >= 11 is 0. The van der Waals surface area contributed by atoms with E-state index in [-0.39, 0.29) is 24.2 Å². The maximum Gasteiger partial charge on any atom is 0.225 e. The summed E-state index contributed by atoms with van der Waals surface area (Å²) < 4.78 is 5.20. The predicted molar refractivity (Wildman–Crippen MR) is 97.5 cm³/mol. The molecule has 26 heavy (non-hydrogen) atoms. The van der Waals surface area contributed by atoms with E-state index in [0.717, 1.165) is 23.3 Å². The maximum absolute atomic E-state index is 12.4. The van der Waals surface area contributed by atoms with E-state index < -0.39 is 0 Å². The third-order valence-corrected chi connectivity index (χ3v) is 4.53. The number of likely N-dealkylation sites (tertiary alicyclic amines) is 1. The van der Waals surface area contributed by atoms with Crippen molar-refractivity contribution in [3.05, 3.63) is 59.9 Å². The van der Waals surface area contributed by atoms with Gasteiger partial charge < -0.3 is 15.0 Å². The highest BCUT2D eigenvalue weighted by molar-refractivity contribution is 5.89. The highest BCUT2D eigenvalue weighted by Crippen LogP contribution is 2.20. The number of benzene rings is 1. The van der Waals surface area contributed by atoms with Gasteiger partial charge in [0, 0.05) is 38.4 Å². The number of ether oxygens (including phenoxy) is 1. The van der Waals surface area contributed by atoms with E-state index in [4.69, 9.17) is 4.74 Å². The van der Waals surface area contributed by atoms with Crippen LogP contribution in [0.15, 0.2) is 48.8 Å². The van der Waals surface area contributed by atoms with Crippen LogP contribution in [0.5, 0.6) is 5.75 Å². The number of carbonyl (C=O) groups is 2. The topological polar surface area (TPSA) is 71.5 Å². The standard InChI is InChI=1S/C20H23N3O3/c1-26-18-6-2-4-15(10-18)7-9-22-20(25)17-11-19(24)23(14-17)13-16-5-3-8-21-12-16/h2-6,8,10,12,17H,7,9,11,13-14H2,1H3,(H,22,25). The summed E-state index contributed by atoms with van der Waals surface area (Å²) in [5.41, 5.74) is 2.07. The molecular formula is C20H23N3O3. The molecule has 1 saturated heterocycles. The maximum atomic E-state index is 12.4. The number of nitrogens with one attached hydrogen (secondary N) is 1. The Balaban J connectivity index is 1.47. The Bertz CT molecular complexity index is 764. The SMILES string of the molecule is COc1cccc(CCNC(=O)C2CC(=O)N(Cc3cccnc3)C2)c1. The number of methoxy groups -OCH3 is 1. The van der Waals surface area contributed by atoms with Crippen molar-refractivity contribution in [2.24, 2.45) is 5.92 Å². The second-order valence-corrected chi connectivity index (χ2v) is 6.43. The zero-order chi connectivity index (χ0) is 18.4. The average Bonchev–Trinajstić information content (AvgIpc) is 3.03. The number of rotatable bonds is 7. The Hall–Kier alpha value is -2.89. The Kier molecular flexibility index (Phi) is 5.84. The summed E-state index contributed by atoms with van der Waals surface area (Å²) in [5.74, 6) is 0.475. The molecule has 1 fully saturated rings. The van der Waals surface area contributed by atoms with E-state index >= 15 is 0 Å². The summed E-state index contributed by atoms with van der Waals surface area (Å²) in [4.78, 5) is 30.3. The van der Waals surface area contributed by atoms with Crippen LogP contribution in [0.25, 0.3) is 0 Å². The minimum Gasteiger partial charge on any atom is -0.497 e. The second-order valence-electron chi connectivity index (χ2n) is 6.43. The summed E-state index contributed by atoms with van der Waals surface area (Å²) in [7, 11) is 1.63. The third-order valence-electron chi connectivity index (χ3n) is 4.53. The average molecular weight is 353 g/mol. The highest BCUT2D eigenvalue weighted by atomic mass is 16.5. The van der Waals surface area contributed by atoms with E-state index in [0.29, 0.717) is 19.6 Å². The first-order chi connectivity index (χ1) is 12.7. The second kappa shape index (κ2) is 8.47. The van der Waals surface area contributed by atoms with Crippen LogP contribution >= 0.6 is 0 Å². The van der Waals surface area contributed by atoms with Gasteiger partial charge in [0.1, 0.15) is 5.75 Å². The van der Waals surface area contributed by atoms with Gasteiger partial charge in [0.25, 0.3) is 0 Å². The number of pyridine rings is 1. The van der Waals surface area contributed by atoms with Crippen LogP contribution in [0.1, 0.15) is 17.5 Å². The number of aromatic nitrogens is 1. The van der Waals surface area contributed by atoms with Gasteiger partial charge in [0.05, 0.1) is 13.0 Å². The van der Waals surface area contributed by atoms with E-state index in [2.05, 4.69) is 10.3 Å².